The molecule has 1 aliphatic rings. The van der Waals surface area contributed by atoms with Crippen molar-refractivity contribution in [1.82, 2.24) is 29.4 Å². The molecule has 43 heavy (non-hydrogen) atoms. The number of hydrogen-bond acceptors (Lipinski definition) is 7. The molecule has 2 amide bonds. The first-order valence-corrected chi connectivity index (χ1v) is 13.8. The van der Waals surface area contributed by atoms with Gasteiger partial charge in [-0.05, 0) is 42.4 Å². The number of halogens is 3. The first kappa shape index (κ1) is 29.8. The first-order chi connectivity index (χ1) is 20.6. The Labute approximate surface area is 247 Å². The molecule has 1 aliphatic heterocycles. The fourth-order valence-corrected chi connectivity index (χ4v) is 4.75. The van der Waals surface area contributed by atoms with E-state index in [0.717, 1.165) is 31.5 Å². The molecule has 1 saturated heterocycles. The third-order valence-corrected chi connectivity index (χ3v) is 7.13. The van der Waals surface area contributed by atoms with Crippen LogP contribution in [0.3, 0.4) is 0 Å². The molecule has 4 heterocycles. The maximum absolute atomic E-state index is 14.0. The minimum Gasteiger partial charge on any atom is -0.363 e. The molecule has 5 rings (SSSR count). The number of urea groups is 1. The zero-order valence-electron chi connectivity index (χ0n) is 24.1. The highest BCUT2D eigenvalue weighted by Crippen LogP contribution is 2.34. The van der Waals surface area contributed by atoms with Crippen molar-refractivity contribution >= 4 is 29.0 Å². The summed E-state index contributed by atoms with van der Waals surface area (Å²) in [6, 6.07) is 8.24. The van der Waals surface area contributed by atoms with Crippen LogP contribution in [0.1, 0.15) is 29.2 Å². The van der Waals surface area contributed by atoms with Gasteiger partial charge in [0.1, 0.15) is 11.6 Å². The molecule has 4 aromatic rings. The predicted octanol–water partition coefficient (Wildman–Crippen LogP) is 4.39. The number of rotatable bonds is 6. The quantitative estimate of drug-likeness (QED) is 0.322. The Morgan fingerprint density at radius 1 is 1.02 bits per heavy atom. The molecule has 2 N–H and O–H groups in total. The van der Waals surface area contributed by atoms with Gasteiger partial charge in [0.2, 0.25) is 0 Å². The van der Waals surface area contributed by atoms with Crippen molar-refractivity contribution in [3.8, 4) is 11.8 Å². The van der Waals surface area contributed by atoms with Gasteiger partial charge in [0.25, 0.3) is 0 Å². The van der Waals surface area contributed by atoms with Crippen LogP contribution in [-0.2, 0) is 12.7 Å². The van der Waals surface area contributed by atoms with Crippen LogP contribution in [0, 0.1) is 11.8 Å². The smallest absolute Gasteiger partial charge is 0.363 e. The summed E-state index contributed by atoms with van der Waals surface area (Å²) in [5, 5.41) is 9.32. The molecule has 0 atom stereocenters. The highest BCUT2D eigenvalue weighted by atomic mass is 19.4. The summed E-state index contributed by atoms with van der Waals surface area (Å²) in [4.78, 5) is 27.6. The fraction of sp³-hybridized carbons (Fsp3) is 0.333. The van der Waals surface area contributed by atoms with Crippen molar-refractivity contribution in [3.05, 3.63) is 77.2 Å². The topological polar surface area (TPSA) is 93.9 Å². The van der Waals surface area contributed by atoms with E-state index >= 15 is 0 Å². The Bertz CT molecular complexity index is 1660. The highest BCUT2D eigenvalue weighted by molar-refractivity contribution is 5.99. The molecule has 0 aliphatic carbocycles. The predicted molar refractivity (Wildman–Crippen MR) is 159 cm³/mol. The third-order valence-electron chi connectivity index (χ3n) is 7.13. The van der Waals surface area contributed by atoms with Crippen molar-refractivity contribution in [2.45, 2.75) is 19.6 Å². The summed E-state index contributed by atoms with van der Waals surface area (Å²) in [5.74, 6) is 7.02. The monoisotopic (exact) mass is 591 g/mol. The van der Waals surface area contributed by atoms with Crippen LogP contribution in [0.4, 0.5) is 35.3 Å². The SMILES string of the molecule is CCN1CCN(Cc2ccc(NC(=O)Nc3cc(C#Cc4cnn5ccc(N(C)C)nc45)ccn3)cc2C(F)(F)F)CC1. The zero-order chi connectivity index (χ0) is 30.6. The molecule has 10 nitrogen and oxygen atoms in total. The van der Waals surface area contributed by atoms with Crippen LogP contribution in [0.15, 0.2) is 55.0 Å². The Balaban J connectivity index is 1.26. The second-order valence-corrected chi connectivity index (χ2v) is 10.3. The molecule has 13 heteroatoms. The molecule has 0 spiro atoms. The molecule has 0 saturated carbocycles. The van der Waals surface area contributed by atoms with Gasteiger partial charge in [0, 0.05) is 70.5 Å². The van der Waals surface area contributed by atoms with E-state index in [1.54, 1.807) is 29.0 Å². The Kier molecular flexibility index (Phi) is 8.79. The van der Waals surface area contributed by atoms with Crippen molar-refractivity contribution in [1.29, 1.82) is 0 Å². The van der Waals surface area contributed by atoms with Crippen molar-refractivity contribution in [2.75, 3.05) is 62.4 Å². The average Bonchev–Trinajstić information content (AvgIpc) is 3.39. The Hall–Kier alpha value is -4.67. The minimum absolute atomic E-state index is 0.0259. The lowest BCUT2D eigenvalue weighted by molar-refractivity contribution is -0.138. The van der Waals surface area contributed by atoms with Crippen LogP contribution in [0.2, 0.25) is 0 Å². The number of hydrogen-bond donors (Lipinski definition) is 2. The number of anilines is 3. The molecule has 0 unspecified atom stereocenters. The van der Waals surface area contributed by atoms with E-state index in [4.69, 9.17) is 0 Å². The lowest BCUT2D eigenvalue weighted by Gasteiger charge is -2.34. The number of benzene rings is 1. The van der Waals surface area contributed by atoms with E-state index in [-0.39, 0.29) is 23.6 Å². The van der Waals surface area contributed by atoms with Gasteiger partial charge in [0.05, 0.1) is 17.3 Å². The van der Waals surface area contributed by atoms with Crippen LogP contribution in [-0.4, -0.2) is 82.2 Å². The fourth-order valence-electron chi connectivity index (χ4n) is 4.75. The standard InChI is InChI=1S/C30H32F3N9O/c1-4-40-13-15-41(16-14-40)20-23-7-8-24(18-25(23)30(31,32)33)36-29(43)37-26-17-21(9-11-34-26)5-6-22-19-35-42-12-10-27(39(2)3)38-28(22)42/h7-12,17-19H,4,13-16,20H2,1-3H3,(H2,34,36,37,43). The van der Waals surface area contributed by atoms with Gasteiger partial charge in [0.15, 0.2) is 5.65 Å². The summed E-state index contributed by atoms with van der Waals surface area (Å²) in [5.41, 5.74) is 1.23. The van der Waals surface area contributed by atoms with E-state index < -0.39 is 17.8 Å². The highest BCUT2D eigenvalue weighted by Gasteiger charge is 2.34. The molecule has 0 bridgehead atoms. The van der Waals surface area contributed by atoms with Crippen LogP contribution in [0.25, 0.3) is 5.65 Å². The lowest BCUT2D eigenvalue weighted by atomic mass is 10.0. The van der Waals surface area contributed by atoms with E-state index in [2.05, 4.69) is 49.4 Å². The van der Waals surface area contributed by atoms with Gasteiger partial charge in [-0.25, -0.2) is 19.3 Å². The van der Waals surface area contributed by atoms with Crippen molar-refractivity contribution < 1.29 is 18.0 Å². The lowest BCUT2D eigenvalue weighted by Crippen LogP contribution is -2.45. The normalized spacial score (nSPS) is 14.3. The largest absolute Gasteiger partial charge is 0.416 e. The molecule has 1 aromatic carbocycles. The minimum atomic E-state index is -4.56. The number of aromatic nitrogens is 4. The molecule has 0 radical (unpaired) electrons. The number of piperazine rings is 1. The number of pyridine rings is 1. The molecular weight excluding hydrogens is 559 g/mol. The summed E-state index contributed by atoms with van der Waals surface area (Å²) < 4.78 is 43.5. The van der Waals surface area contributed by atoms with Crippen LogP contribution < -0.4 is 15.5 Å². The van der Waals surface area contributed by atoms with Gasteiger partial charge in [-0.2, -0.15) is 18.3 Å². The summed E-state index contributed by atoms with van der Waals surface area (Å²) >= 11 is 0. The van der Waals surface area contributed by atoms with Crippen molar-refractivity contribution in [2.24, 2.45) is 0 Å². The first-order valence-electron chi connectivity index (χ1n) is 13.8. The summed E-state index contributed by atoms with van der Waals surface area (Å²) in [6.45, 7) is 6.26. The molecule has 224 valence electrons. The third kappa shape index (κ3) is 7.40. The van der Waals surface area contributed by atoms with E-state index in [9.17, 15) is 18.0 Å². The van der Waals surface area contributed by atoms with E-state index in [1.807, 2.05) is 30.0 Å². The average molecular weight is 592 g/mol. The summed E-state index contributed by atoms with van der Waals surface area (Å²) in [6.07, 6.45) is 0.341. The van der Waals surface area contributed by atoms with Crippen LogP contribution in [0.5, 0.6) is 0 Å². The van der Waals surface area contributed by atoms with Gasteiger partial charge in [-0.3, -0.25) is 10.2 Å². The molecule has 3 aromatic heterocycles. The van der Waals surface area contributed by atoms with Gasteiger partial charge >= 0.3 is 12.2 Å². The maximum Gasteiger partial charge on any atom is 0.416 e. The van der Waals surface area contributed by atoms with Gasteiger partial charge in [-0.15, -0.1) is 0 Å². The number of amides is 2. The van der Waals surface area contributed by atoms with Gasteiger partial charge in [-0.1, -0.05) is 24.8 Å². The second kappa shape index (κ2) is 12.7. The number of alkyl halides is 3. The zero-order valence-corrected chi connectivity index (χ0v) is 24.1. The summed E-state index contributed by atoms with van der Waals surface area (Å²) in [7, 11) is 3.78. The molecule has 1 fully saturated rings. The Morgan fingerprint density at radius 2 is 1.79 bits per heavy atom. The maximum atomic E-state index is 14.0. The second-order valence-electron chi connectivity index (χ2n) is 10.3. The number of nitrogens with zero attached hydrogens (tertiary/aromatic N) is 7. The van der Waals surface area contributed by atoms with E-state index in [1.165, 1.54) is 18.3 Å². The molecular formula is C30H32F3N9O. The number of fused-ring (bicyclic) bond motifs is 1. The number of carbonyl (C=O) groups excluding carboxylic acids is 1. The van der Waals surface area contributed by atoms with Crippen LogP contribution >= 0.6 is 0 Å². The number of carbonyl (C=O) groups is 1. The van der Waals surface area contributed by atoms with E-state index in [0.29, 0.717) is 29.9 Å². The van der Waals surface area contributed by atoms with Gasteiger partial charge < -0.3 is 15.1 Å². The Morgan fingerprint density at radius 3 is 2.51 bits per heavy atom. The number of likely N-dealkylation sites (N-methyl/N-ethyl adjacent to an activating group) is 1. The number of nitrogens with one attached hydrogen (secondary N) is 2. The van der Waals surface area contributed by atoms with Crippen molar-refractivity contribution in [3.63, 3.8) is 0 Å².